The molecule has 0 bridgehead atoms. The maximum Gasteiger partial charge on any atom is 0.207 e. The van der Waals surface area contributed by atoms with Gasteiger partial charge in [-0.05, 0) is 49.3 Å². The lowest BCUT2D eigenvalue weighted by atomic mass is 10.2. The van der Waals surface area contributed by atoms with Gasteiger partial charge in [-0.3, -0.25) is 10.9 Å². The van der Waals surface area contributed by atoms with Gasteiger partial charge in [-0.15, -0.1) is 0 Å². The summed E-state index contributed by atoms with van der Waals surface area (Å²) in [4.78, 5) is 0. The third kappa shape index (κ3) is 7.68. The maximum atomic E-state index is 5.16. The summed E-state index contributed by atoms with van der Waals surface area (Å²) in [6.45, 7) is 3.79. The number of nitrogens with zero attached hydrogens (tertiary/aromatic N) is 2. The number of rotatable bonds is 6. The average Bonchev–Trinajstić information content (AvgIpc) is 2.69. The molecule has 0 aliphatic rings. The predicted octanol–water partition coefficient (Wildman–Crippen LogP) is 4.63. The molecule has 4 nitrogen and oxygen atoms in total. The van der Waals surface area contributed by atoms with E-state index in [0.29, 0.717) is 5.11 Å². The lowest BCUT2D eigenvalue weighted by Crippen LogP contribution is -2.29. The van der Waals surface area contributed by atoms with E-state index in [-0.39, 0.29) is 0 Å². The van der Waals surface area contributed by atoms with Crippen LogP contribution in [0, 0.1) is 0 Å². The second-order valence-corrected chi connectivity index (χ2v) is 5.96. The van der Waals surface area contributed by atoms with E-state index < -0.39 is 0 Å². The van der Waals surface area contributed by atoms with Crippen LogP contribution in [0.4, 0.5) is 0 Å². The highest BCUT2D eigenvalue weighted by atomic mass is 32.1. The molecule has 0 saturated carbocycles. The molecule has 0 unspecified atom stereocenters. The van der Waals surface area contributed by atoms with E-state index in [9.17, 15) is 0 Å². The fourth-order valence-electron chi connectivity index (χ4n) is 1.94. The molecular weight excluding hydrogens is 340 g/mol. The van der Waals surface area contributed by atoms with Crippen LogP contribution in [0.25, 0.3) is 12.2 Å². The van der Waals surface area contributed by atoms with Crippen LogP contribution in [0.5, 0.6) is 0 Å². The number of allylic oxidation sites excluding steroid dienone is 2. The van der Waals surface area contributed by atoms with E-state index in [1.54, 1.807) is 0 Å². The van der Waals surface area contributed by atoms with Crippen molar-refractivity contribution in [2.45, 2.75) is 13.8 Å². The topological polar surface area (TPSA) is 48.8 Å². The van der Waals surface area contributed by atoms with Gasteiger partial charge in [0.25, 0.3) is 0 Å². The summed E-state index contributed by atoms with van der Waals surface area (Å²) in [7, 11) is 0. The minimum atomic E-state index is 0.338. The maximum absolute atomic E-state index is 5.16. The quantitative estimate of drug-likeness (QED) is 0.447. The molecule has 0 saturated heterocycles. The molecule has 0 fully saturated rings. The van der Waals surface area contributed by atoms with E-state index >= 15 is 0 Å². The number of nitrogens with one attached hydrogen (secondary N) is 2. The molecule has 0 atom stereocenters. The summed E-state index contributed by atoms with van der Waals surface area (Å²) >= 11 is 5.16. The zero-order chi connectivity index (χ0) is 18.6. The first-order valence-electron chi connectivity index (χ1n) is 8.24. The molecule has 5 heteroatoms. The summed E-state index contributed by atoms with van der Waals surface area (Å²) in [5.41, 5.74) is 9.40. The van der Waals surface area contributed by atoms with Crippen LogP contribution in [-0.4, -0.2) is 16.5 Å². The number of hydrogen-bond donors (Lipinski definition) is 2. The summed E-state index contributed by atoms with van der Waals surface area (Å²) in [5, 5.41) is 8.74. The van der Waals surface area contributed by atoms with Gasteiger partial charge in [-0.25, -0.2) is 0 Å². The van der Waals surface area contributed by atoms with E-state index in [0.717, 1.165) is 22.6 Å². The Morgan fingerprint density at radius 1 is 0.731 bits per heavy atom. The number of thiocarbonyl (C=S) groups is 1. The lowest BCUT2D eigenvalue weighted by molar-refractivity contribution is 0.927. The molecule has 2 rings (SSSR count). The normalized spacial score (nSPS) is 12.5. The van der Waals surface area contributed by atoms with E-state index in [2.05, 4.69) is 21.1 Å². The Bertz CT molecular complexity index is 752. The average molecular weight is 363 g/mol. The van der Waals surface area contributed by atoms with Crippen LogP contribution in [0.1, 0.15) is 25.0 Å². The second-order valence-electron chi connectivity index (χ2n) is 5.55. The monoisotopic (exact) mass is 362 g/mol. The van der Waals surface area contributed by atoms with Crippen molar-refractivity contribution >= 4 is 40.9 Å². The van der Waals surface area contributed by atoms with Crippen LogP contribution in [0.15, 0.2) is 83.0 Å². The zero-order valence-corrected chi connectivity index (χ0v) is 15.7. The Morgan fingerprint density at radius 2 is 1.12 bits per heavy atom. The SMILES string of the molecule is CC(/C=C/c1ccccc1)=N\NC(=S)N/N=C(C)/C=C/c1ccccc1. The molecule has 0 heterocycles. The first kappa shape index (κ1) is 19.3. The van der Waals surface area contributed by atoms with Gasteiger partial charge in [0.2, 0.25) is 5.11 Å². The van der Waals surface area contributed by atoms with Crippen molar-refractivity contribution in [3.8, 4) is 0 Å². The number of benzene rings is 2. The summed E-state index contributed by atoms with van der Waals surface area (Å²) in [6, 6.07) is 20.1. The minimum absolute atomic E-state index is 0.338. The van der Waals surface area contributed by atoms with Crippen molar-refractivity contribution < 1.29 is 0 Å². The third-order valence-corrected chi connectivity index (χ3v) is 3.48. The first-order valence-corrected chi connectivity index (χ1v) is 8.65. The molecular formula is C21H22N4S. The van der Waals surface area contributed by atoms with Crippen LogP contribution < -0.4 is 10.9 Å². The van der Waals surface area contributed by atoms with E-state index in [1.807, 2.05) is 98.8 Å². The van der Waals surface area contributed by atoms with Crippen molar-refractivity contribution in [2.24, 2.45) is 10.2 Å². The molecule has 0 spiro atoms. The van der Waals surface area contributed by atoms with Crippen LogP contribution in [-0.2, 0) is 0 Å². The van der Waals surface area contributed by atoms with Gasteiger partial charge in [-0.2, -0.15) is 10.2 Å². The molecule has 2 aromatic carbocycles. The largest absolute Gasteiger partial charge is 0.252 e. The first-order chi connectivity index (χ1) is 12.6. The molecule has 2 N–H and O–H groups in total. The van der Waals surface area contributed by atoms with Gasteiger partial charge >= 0.3 is 0 Å². The molecule has 0 aromatic heterocycles. The van der Waals surface area contributed by atoms with Crippen LogP contribution in [0.3, 0.4) is 0 Å². The van der Waals surface area contributed by atoms with Gasteiger partial charge < -0.3 is 0 Å². The van der Waals surface area contributed by atoms with Gasteiger partial charge in [-0.1, -0.05) is 72.8 Å². The molecule has 2 aromatic rings. The fraction of sp³-hybridized carbons (Fsp3) is 0.0952. The fourth-order valence-corrected chi connectivity index (χ4v) is 2.03. The van der Waals surface area contributed by atoms with E-state index in [4.69, 9.17) is 12.2 Å². The van der Waals surface area contributed by atoms with Crippen molar-refractivity contribution in [2.75, 3.05) is 0 Å². The van der Waals surface area contributed by atoms with Crippen molar-refractivity contribution in [3.05, 3.63) is 83.9 Å². The van der Waals surface area contributed by atoms with Crippen molar-refractivity contribution in [1.82, 2.24) is 10.9 Å². The third-order valence-electron chi connectivity index (χ3n) is 3.30. The van der Waals surface area contributed by atoms with Gasteiger partial charge in [0.15, 0.2) is 0 Å². The highest BCUT2D eigenvalue weighted by Gasteiger charge is 1.92. The molecule has 0 aliphatic heterocycles. The molecule has 0 amide bonds. The molecule has 0 radical (unpaired) electrons. The van der Waals surface area contributed by atoms with Crippen molar-refractivity contribution in [3.63, 3.8) is 0 Å². The van der Waals surface area contributed by atoms with Gasteiger partial charge in [0.1, 0.15) is 0 Å². The summed E-state index contributed by atoms with van der Waals surface area (Å²) in [5.74, 6) is 0. The summed E-state index contributed by atoms with van der Waals surface area (Å²) < 4.78 is 0. The Balaban J connectivity index is 1.80. The van der Waals surface area contributed by atoms with Crippen molar-refractivity contribution in [1.29, 1.82) is 0 Å². The minimum Gasteiger partial charge on any atom is -0.252 e. The molecule has 132 valence electrons. The smallest absolute Gasteiger partial charge is 0.207 e. The Kier molecular flexibility index (Phi) is 7.96. The standard InChI is InChI=1S/C21H22N4S/c1-17(13-15-19-9-5-3-6-10-19)22-24-21(26)25-23-18(2)14-16-20-11-7-4-8-12-20/h3-16H,1-2H3,(H2,24,25,26)/b15-13+,16-14+,22-17+,23-18+. The predicted molar refractivity (Wildman–Crippen MR) is 116 cm³/mol. The molecule has 26 heavy (non-hydrogen) atoms. The Labute approximate surface area is 160 Å². The van der Waals surface area contributed by atoms with Crippen LogP contribution in [0.2, 0.25) is 0 Å². The Hall–Kier alpha value is -3.05. The van der Waals surface area contributed by atoms with E-state index in [1.165, 1.54) is 0 Å². The van der Waals surface area contributed by atoms with Gasteiger partial charge in [0.05, 0.1) is 11.4 Å². The zero-order valence-electron chi connectivity index (χ0n) is 14.9. The second kappa shape index (κ2) is 10.7. The Morgan fingerprint density at radius 3 is 1.50 bits per heavy atom. The number of hydrazone groups is 2. The number of hydrogen-bond acceptors (Lipinski definition) is 3. The summed E-state index contributed by atoms with van der Waals surface area (Å²) in [6.07, 6.45) is 7.82. The highest BCUT2D eigenvalue weighted by Crippen LogP contribution is 2.01. The lowest BCUT2D eigenvalue weighted by Gasteiger charge is -2.03. The highest BCUT2D eigenvalue weighted by molar-refractivity contribution is 7.80. The molecule has 0 aliphatic carbocycles. The van der Waals surface area contributed by atoms with Gasteiger partial charge in [0, 0.05) is 0 Å². The van der Waals surface area contributed by atoms with Crippen LogP contribution >= 0.6 is 12.2 Å².